The minimum absolute atomic E-state index is 0.495. The second-order valence-electron chi connectivity index (χ2n) is 17.2. The van der Waals surface area contributed by atoms with Crippen LogP contribution in [0.25, 0.3) is 72.5 Å². The van der Waals surface area contributed by atoms with E-state index in [2.05, 4.69) is 223 Å². The van der Waals surface area contributed by atoms with Gasteiger partial charge in [-0.1, -0.05) is 200 Å². The standard InChI is InChI=1S/C60H37N3/c1-3-19-38(20-4-1)54-37-57(62-58(61-54)39-21-5-2-6-22-39)63-55-34-18-10-26-43(55)45-35-44-42-25-9-13-29-48(42)60(53(44)36-56(45)63)51-32-16-14-30-49(51)59(50-31-15-17-33-52(50)60)46-27-11-7-23-40(46)41-24-8-12-28-47(41)59/h1-37H. The summed E-state index contributed by atoms with van der Waals surface area (Å²) >= 11 is 0. The van der Waals surface area contributed by atoms with Crippen LogP contribution in [0.3, 0.4) is 0 Å². The number of para-hydroxylation sites is 1. The lowest BCUT2D eigenvalue weighted by atomic mass is 9.52. The molecular formula is C60H37N3. The molecule has 14 rings (SSSR count). The molecular weight excluding hydrogens is 763 g/mol. The smallest absolute Gasteiger partial charge is 0.162 e. The van der Waals surface area contributed by atoms with E-state index in [9.17, 15) is 0 Å². The summed E-state index contributed by atoms with van der Waals surface area (Å²) in [5.41, 5.74) is 19.8. The molecule has 0 bridgehead atoms. The number of aromatic nitrogens is 3. The Bertz CT molecular complexity index is 3540. The molecule has 0 fully saturated rings. The molecule has 0 saturated carbocycles. The van der Waals surface area contributed by atoms with Crippen molar-refractivity contribution in [3.8, 4) is 50.7 Å². The van der Waals surface area contributed by atoms with Crippen LogP contribution >= 0.6 is 0 Å². The van der Waals surface area contributed by atoms with Gasteiger partial charge in [-0.25, -0.2) is 9.97 Å². The van der Waals surface area contributed by atoms with E-state index in [1.165, 1.54) is 77.5 Å². The zero-order chi connectivity index (χ0) is 41.3. The first-order valence-electron chi connectivity index (χ1n) is 21.8. The van der Waals surface area contributed by atoms with Gasteiger partial charge in [-0.3, -0.25) is 4.57 Å². The molecule has 0 unspecified atom stereocenters. The van der Waals surface area contributed by atoms with E-state index in [0.29, 0.717) is 5.82 Å². The molecule has 0 aliphatic heterocycles. The molecule has 3 aliphatic rings. The fraction of sp³-hybridized carbons (Fsp3) is 0.0333. The van der Waals surface area contributed by atoms with Crippen molar-refractivity contribution in [2.45, 2.75) is 10.8 Å². The van der Waals surface area contributed by atoms with Gasteiger partial charge in [-0.2, -0.15) is 0 Å². The molecule has 0 N–H and O–H groups in total. The number of rotatable bonds is 3. The van der Waals surface area contributed by atoms with Crippen molar-refractivity contribution < 1.29 is 0 Å². The first kappa shape index (κ1) is 34.6. The van der Waals surface area contributed by atoms with Crippen molar-refractivity contribution >= 4 is 21.8 Å². The summed E-state index contributed by atoms with van der Waals surface area (Å²) < 4.78 is 2.38. The van der Waals surface area contributed by atoms with Crippen molar-refractivity contribution in [3.05, 3.63) is 269 Å². The van der Waals surface area contributed by atoms with Gasteiger partial charge < -0.3 is 0 Å². The van der Waals surface area contributed by atoms with Crippen LogP contribution in [0.15, 0.2) is 224 Å². The summed E-state index contributed by atoms with van der Waals surface area (Å²) in [5.74, 6) is 1.53. The van der Waals surface area contributed by atoms with Crippen molar-refractivity contribution in [1.29, 1.82) is 0 Å². The van der Waals surface area contributed by atoms with Crippen molar-refractivity contribution in [2.75, 3.05) is 0 Å². The van der Waals surface area contributed by atoms with Gasteiger partial charge in [0.1, 0.15) is 5.82 Å². The molecule has 292 valence electrons. The van der Waals surface area contributed by atoms with Gasteiger partial charge >= 0.3 is 0 Å². The van der Waals surface area contributed by atoms with E-state index < -0.39 is 10.8 Å². The van der Waals surface area contributed by atoms with E-state index in [4.69, 9.17) is 9.97 Å². The zero-order valence-corrected chi connectivity index (χ0v) is 34.2. The highest BCUT2D eigenvalue weighted by atomic mass is 15.1. The second kappa shape index (κ2) is 12.7. The molecule has 0 atom stereocenters. The van der Waals surface area contributed by atoms with Gasteiger partial charge in [-0.05, 0) is 85.0 Å². The summed E-state index contributed by atoms with van der Waals surface area (Å²) in [5, 5.41) is 2.39. The van der Waals surface area contributed by atoms with Crippen LogP contribution in [0.2, 0.25) is 0 Å². The maximum Gasteiger partial charge on any atom is 0.162 e. The lowest BCUT2D eigenvalue weighted by Crippen LogP contribution is -2.43. The maximum absolute atomic E-state index is 5.42. The molecule has 3 heteroatoms. The summed E-state index contributed by atoms with van der Waals surface area (Å²) in [6.45, 7) is 0. The zero-order valence-electron chi connectivity index (χ0n) is 34.2. The van der Waals surface area contributed by atoms with Crippen molar-refractivity contribution in [1.82, 2.24) is 14.5 Å². The Kier molecular flexibility index (Phi) is 6.97. The second-order valence-corrected chi connectivity index (χ2v) is 17.2. The Labute approximate surface area is 365 Å². The van der Waals surface area contributed by atoms with E-state index in [0.717, 1.165) is 33.7 Å². The van der Waals surface area contributed by atoms with Gasteiger partial charge in [0.15, 0.2) is 5.82 Å². The highest BCUT2D eigenvalue weighted by molar-refractivity contribution is 6.12. The first-order valence-corrected chi connectivity index (χ1v) is 21.8. The molecule has 11 aromatic rings. The summed E-state index contributed by atoms with van der Waals surface area (Å²) in [6.07, 6.45) is 0. The molecule has 2 spiro atoms. The van der Waals surface area contributed by atoms with Crippen LogP contribution in [0.1, 0.15) is 44.5 Å². The predicted octanol–water partition coefficient (Wildman–Crippen LogP) is 13.9. The Morgan fingerprint density at radius 2 is 0.746 bits per heavy atom. The average Bonchev–Trinajstić information content (AvgIpc) is 3.95. The van der Waals surface area contributed by atoms with Gasteiger partial charge in [0.05, 0.1) is 27.6 Å². The lowest BCUT2D eigenvalue weighted by molar-refractivity contribution is 0.633. The Balaban J connectivity index is 1.12. The summed E-state index contributed by atoms with van der Waals surface area (Å²) in [4.78, 5) is 10.6. The van der Waals surface area contributed by atoms with Crippen LogP contribution in [-0.4, -0.2) is 14.5 Å². The average molecular weight is 800 g/mol. The summed E-state index contributed by atoms with van der Waals surface area (Å²) in [7, 11) is 0. The fourth-order valence-corrected chi connectivity index (χ4v) is 12.0. The highest BCUT2D eigenvalue weighted by Gasteiger charge is 2.59. The number of fused-ring (bicyclic) bond motifs is 19. The Morgan fingerprint density at radius 1 is 0.302 bits per heavy atom. The molecule has 3 aliphatic carbocycles. The van der Waals surface area contributed by atoms with Crippen LogP contribution in [0.4, 0.5) is 0 Å². The Morgan fingerprint density at radius 3 is 1.32 bits per heavy atom. The minimum Gasteiger partial charge on any atom is -0.294 e. The van der Waals surface area contributed by atoms with Crippen LogP contribution < -0.4 is 0 Å². The molecule has 9 aromatic carbocycles. The monoisotopic (exact) mass is 799 g/mol. The van der Waals surface area contributed by atoms with E-state index in [-0.39, 0.29) is 0 Å². The molecule has 0 amide bonds. The lowest BCUT2D eigenvalue weighted by Gasteiger charge is -2.48. The molecule has 2 aromatic heterocycles. The third-order valence-electron chi connectivity index (χ3n) is 14.3. The minimum atomic E-state index is -0.609. The van der Waals surface area contributed by atoms with E-state index >= 15 is 0 Å². The largest absolute Gasteiger partial charge is 0.294 e. The van der Waals surface area contributed by atoms with Gasteiger partial charge in [0.2, 0.25) is 0 Å². The molecule has 0 radical (unpaired) electrons. The topological polar surface area (TPSA) is 30.7 Å². The van der Waals surface area contributed by atoms with E-state index in [1.54, 1.807) is 0 Å². The fourth-order valence-electron chi connectivity index (χ4n) is 12.0. The van der Waals surface area contributed by atoms with Gasteiger partial charge in [-0.15, -0.1) is 0 Å². The van der Waals surface area contributed by atoms with Crippen LogP contribution in [0, 0.1) is 0 Å². The predicted molar refractivity (Wildman–Crippen MR) is 255 cm³/mol. The van der Waals surface area contributed by atoms with Gasteiger partial charge in [0.25, 0.3) is 0 Å². The molecule has 0 saturated heterocycles. The Hall–Kier alpha value is -8.14. The van der Waals surface area contributed by atoms with Gasteiger partial charge in [0, 0.05) is 28.0 Å². The van der Waals surface area contributed by atoms with E-state index in [1.807, 2.05) is 6.07 Å². The maximum atomic E-state index is 5.42. The van der Waals surface area contributed by atoms with Crippen molar-refractivity contribution in [3.63, 3.8) is 0 Å². The third kappa shape index (κ3) is 4.38. The van der Waals surface area contributed by atoms with Crippen LogP contribution in [0.5, 0.6) is 0 Å². The summed E-state index contributed by atoms with van der Waals surface area (Å²) in [6, 6.07) is 82.8. The number of hydrogen-bond donors (Lipinski definition) is 0. The number of hydrogen-bond acceptors (Lipinski definition) is 2. The molecule has 2 heterocycles. The van der Waals surface area contributed by atoms with Crippen molar-refractivity contribution in [2.24, 2.45) is 0 Å². The third-order valence-corrected chi connectivity index (χ3v) is 14.3. The SMILES string of the molecule is c1ccc(-c2cc(-n3c4ccccc4c4cc5c(cc43)C3(c4ccccc4-5)c4ccccc4C4(c5ccccc5-c5ccccc54)c4ccccc43)nc(-c3ccccc3)n2)cc1. The van der Waals surface area contributed by atoms with Crippen LogP contribution in [-0.2, 0) is 10.8 Å². The first-order chi connectivity index (χ1) is 31.3. The molecule has 3 nitrogen and oxygen atoms in total. The number of benzene rings is 9. The quantitative estimate of drug-likeness (QED) is 0.178. The molecule has 63 heavy (non-hydrogen) atoms. The normalized spacial score (nSPS) is 14.3. The number of nitrogens with zero attached hydrogens (tertiary/aromatic N) is 3. The highest BCUT2D eigenvalue weighted by Crippen LogP contribution is 2.67.